The Bertz CT molecular complexity index is 107. The molecule has 0 heterocycles. The van der Waals surface area contributed by atoms with Crippen molar-refractivity contribution in [1.82, 2.24) is 0 Å². The van der Waals surface area contributed by atoms with Gasteiger partial charge in [0.25, 0.3) is 0 Å². The van der Waals surface area contributed by atoms with Crippen LogP contribution in [-0.4, -0.2) is 11.9 Å². The molecule has 0 saturated heterocycles. The van der Waals surface area contributed by atoms with Crippen LogP contribution in [0, 0.1) is 11.3 Å². The molecular formula is C5H10N2S. The Labute approximate surface area is 55.1 Å². The predicted octanol–water partition coefficient (Wildman–Crippen LogP) is 1.58. The van der Waals surface area contributed by atoms with E-state index in [4.69, 9.17) is 5.41 Å². The van der Waals surface area contributed by atoms with Gasteiger partial charge in [-0.1, -0.05) is 13.8 Å². The van der Waals surface area contributed by atoms with Crippen LogP contribution in [0.25, 0.3) is 0 Å². The van der Waals surface area contributed by atoms with Gasteiger partial charge in [-0.05, 0) is 18.7 Å². The van der Waals surface area contributed by atoms with Crippen molar-refractivity contribution in [2.45, 2.75) is 13.8 Å². The first-order chi connectivity index (χ1) is 3.68. The summed E-state index contributed by atoms with van der Waals surface area (Å²) in [7, 11) is 0. The van der Waals surface area contributed by atoms with E-state index < -0.39 is 0 Å². The predicted molar refractivity (Wildman–Crippen MR) is 40.0 cm³/mol. The molecule has 3 heteroatoms. The zero-order chi connectivity index (χ0) is 6.57. The summed E-state index contributed by atoms with van der Waals surface area (Å²) in [5.41, 5.74) is 0.514. The Hall–Kier alpha value is -0.310. The highest BCUT2D eigenvalue weighted by atomic mass is 32.1. The molecule has 0 aliphatic carbocycles. The van der Waals surface area contributed by atoms with Crippen LogP contribution >= 0.6 is 12.8 Å². The van der Waals surface area contributed by atoms with Crippen LogP contribution in [0.2, 0.25) is 0 Å². The second-order valence-corrected chi connectivity index (χ2v) is 2.09. The highest BCUT2D eigenvalue weighted by Crippen LogP contribution is 1.91. The summed E-state index contributed by atoms with van der Waals surface area (Å²) in [5.74, 6) is 0.255. The third-order valence-corrected chi connectivity index (χ3v) is 0.934. The maximum absolute atomic E-state index is 7.15. The molecule has 2 nitrogen and oxygen atoms in total. The molecule has 0 rings (SSSR count). The number of hydrogen-bond donors (Lipinski definition) is 2. The monoisotopic (exact) mass is 130 g/mol. The van der Waals surface area contributed by atoms with E-state index in [1.807, 2.05) is 13.8 Å². The van der Waals surface area contributed by atoms with Gasteiger partial charge in [0, 0.05) is 0 Å². The molecule has 0 aliphatic rings. The van der Waals surface area contributed by atoms with Gasteiger partial charge >= 0.3 is 0 Å². The lowest BCUT2D eigenvalue weighted by Gasteiger charge is -1.96. The minimum Gasteiger partial charge on any atom is -0.303 e. The number of rotatable bonds is 2. The van der Waals surface area contributed by atoms with Crippen molar-refractivity contribution >= 4 is 24.7 Å². The fourth-order valence-electron chi connectivity index (χ4n) is 0.211. The van der Waals surface area contributed by atoms with Crippen LogP contribution < -0.4 is 0 Å². The molecule has 0 aliphatic heterocycles. The van der Waals surface area contributed by atoms with E-state index in [0.29, 0.717) is 5.71 Å². The summed E-state index contributed by atoms with van der Waals surface area (Å²) in [6.07, 6.45) is 1.44. The van der Waals surface area contributed by atoms with E-state index in [1.54, 1.807) is 0 Å². The van der Waals surface area contributed by atoms with E-state index in [-0.39, 0.29) is 5.92 Å². The van der Waals surface area contributed by atoms with E-state index in [1.165, 1.54) is 6.21 Å². The summed E-state index contributed by atoms with van der Waals surface area (Å²) in [4.78, 5) is 0. The lowest BCUT2D eigenvalue weighted by Crippen LogP contribution is -2.05. The Morgan fingerprint density at radius 2 is 2.25 bits per heavy atom. The zero-order valence-corrected chi connectivity index (χ0v) is 5.94. The molecular weight excluding hydrogens is 120 g/mol. The summed E-state index contributed by atoms with van der Waals surface area (Å²) in [6.45, 7) is 3.88. The summed E-state index contributed by atoms with van der Waals surface area (Å²) >= 11 is 3.58. The van der Waals surface area contributed by atoms with Crippen molar-refractivity contribution < 1.29 is 0 Å². The molecule has 46 valence electrons. The quantitative estimate of drug-likeness (QED) is 0.420. The van der Waals surface area contributed by atoms with E-state index in [9.17, 15) is 0 Å². The van der Waals surface area contributed by atoms with Crippen LogP contribution in [0.3, 0.4) is 0 Å². The number of nitrogens with zero attached hydrogens (tertiary/aromatic N) is 1. The molecule has 1 N–H and O–H groups in total. The van der Waals surface area contributed by atoms with Gasteiger partial charge in [0.15, 0.2) is 0 Å². The third-order valence-electron chi connectivity index (χ3n) is 0.819. The molecule has 0 spiro atoms. The molecule has 0 unspecified atom stereocenters. The number of hydrogen-bond acceptors (Lipinski definition) is 3. The average molecular weight is 130 g/mol. The van der Waals surface area contributed by atoms with Crippen molar-refractivity contribution in [1.29, 1.82) is 5.41 Å². The first-order valence-electron chi connectivity index (χ1n) is 2.44. The fourth-order valence-corrected chi connectivity index (χ4v) is 0.336. The lowest BCUT2D eigenvalue weighted by molar-refractivity contribution is 0.890. The molecule has 8 heavy (non-hydrogen) atoms. The highest BCUT2D eigenvalue weighted by molar-refractivity contribution is 7.79. The largest absolute Gasteiger partial charge is 0.303 e. The first-order valence-corrected chi connectivity index (χ1v) is 2.84. The minimum absolute atomic E-state index is 0.255. The summed E-state index contributed by atoms with van der Waals surface area (Å²) < 4.78 is 3.40. The van der Waals surface area contributed by atoms with Crippen molar-refractivity contribution in [3.05, 3.63) is 0 Å². The van der Waals surface area contributed by atoms with Gasteiger partial charge in [-0.2, -0.15) is 0 Å². The van der Waals surface area contributed by atoms with Crippen molar-refractivity contribution in [3.8, 4) is 0 Å². The topological polar surface area (TPSA) is 36.2 Å². The normalized spacial score (nSPS) is 11.0. The van der Waals surface area contributed by atoms with E-state index in [2.05, 4.69) is 17.2 Å². The molecule has 0 amide bonds. The molecule has 0 aromatic rings. The van der Waals surface area contributed by atoms with Crippen LogP contribution in [0.1, 0.15) is 13.8 Å². The second kappa shape index (κ2) is 3.66. The Balaban J connectivity index is 3.66. The van der Waals surface area contributed by atoms with Crippen LogP contribution in [0.5, 0.6) is 0 Å². The average Bonchev–Trinajstić information content (AvgIpc) is 1.67. The maximum atomic E-state index is 7.15. The van der Waals surface area contributed by atoms with Gasteiger partial charge in [0.2, 0.25) is 0 Å². The van der Waals surface area contributed by atoms with Gasteiger partial charge in [0.05, 0.1) is 11.9 Å². The first kappa shape index (κ1) is 7.69. The van der Waals surface area contributed by atoms with Gasteiger partial charge in [0.1, 0.15) is 0 Å². The number of nitrogens with one attached hydrogen (secondary N) is 1. The zero-order valence-electron chi connectivity index (χ0n) is 5.05. The molecule has 0 radical (unpaired) electrons. The summed E-state index contributed by atoms with van der Waals surface area (Å²) in [6, 6.07) is 0. The van der Waals surface area contributed by atoms with Gasteiger partial charge < -0.3 is 5.41 Å². The fraction of sp³-hybridized carbons (Fsp3) is 0.600. The Kier molecular flexibility index (Phi) is 3.52. The summed E-state index contributed by atoms with van der Waals surface area (Å²) in [5, 5.41) is 7.15. The molecule has 0 fully saturated rings. The minimum atomic E-state index is 0.255. The molecule has 0 aromatic heterocycles. The Morgan fingerprint density at radius 1 is 1.75 bits per heavy atom. The van der Waals surface area contributed by atoms with Crippen molar-refractivity contribution in [3.63, 3.8) is 0 Å². The van der Waals surface area contributed by atoms with Crippen LogP contribution in [0.15, 0.2) is 4.40 Å². The standard InChI is InChI=1S/C5H10N2S/c1-4(2)5(6)3-7-8/h3-4,6,8H,1-2H3. The maximum Gasteiger partial charge on any atom is 0.0559 e. The van der Waals surface area contributed by atoms with Gasteiger partial charge in [-0.15, -0.1) is 0 Å². The SMILES string of the molecule is CC(C)C(=N)C=NS. The molecule has 0 aromatic carbocycles. The molecule has 0 atom stereocenters. The van der Waals surface area contributed by atoms with Gasteiger partial charge in [-0.25, -0.2) is 4.40 Å². The second-order valence-electron chi connectivity index (χ2n) is 1.85. The van der Waals surface area contributed by atoms with Gasteiger partial charge in [-0.3, -0.25) is 0 Å². The number of thiol groups is 1. The van der Waals surface area contributed by atoms with E-state index >= 15 is 0 Å². The van der Waals surface area contributed by atoms with E-state index in [0.717, 1.165) is 0 Å². The molecule has 0 saturated carbocycles. The van der Waals surface area contributed by atoms with Crippen molar-refractivity contribution in [2.75, 3.05) is 0 Å². The third kappa shape index (κ3) is 2.80. The highest BCUT2D eigenvalue weighted by Gasteiger charge is 1.95. The lowest BCUT2D eigenvalue weighted by atomic mass is 10.1. The molecule has 0 bridgehead atoms. The Morgan fingerprint density at radius 3 is 2.38 bits per heavy atom. The van der Waals surface area contributed by atoms with Crippen LogP contribution in [0.4, 0.5) is 0 Å². The van der Waals surface area contributed by atoms with Crippen LogP contribution in [-0.2, 0) is 0 Å². The smallest absolute Gasteiger partial charge is 0.0559 e. The van der Waals surface area contributed by atoms with Crippen molar-refractivity contribution in [2.24, 2.45) is 10.3 Å².